The van der Waals surface area contributed by atoms with Crippen molar-refractivity contribution >= 4 is 17.3 Å². The number of rotatable bonds is 4. The predicted molar refractivity (Wildman–Crippen MR) is 55.7 cm³/mol. The van der Waals surface area contributed by atoms with Gasteiger partial charge in [-0.25, -0.2) is 0 Å². The van der Waals surface area contributed by atoms with Crippen molar-refractivity contribution in [2.45, 2.75) is 6.42 Å². The van der Waals surface area contributed by atoms with E-state index in [4.69, 9.17) is 11.6 Å². The maximum Gasteiger partial charge on any atom is 0.272 e. The van der Waals surface area contributed by atoms with Crippen LogP contribution in [-0.2, 0) is 6.42 Å². The quantitative estimate of drug-likeness (QED) is 0.616. The average molecular weight is 215 g/mol. The van der Waals surface area contributed by atoms with Crippen LogP contribution in [0.4, 0.5) is 5.69 Å². The van der Waals surface area contributed by atoms with Gasteiger partial charge in [-0.1, -0.05) is 11.6 Å². The minimum atomic E-state index is -0.388. The van der Waals surface area contributed by atoms with E-state index in [0.717, 1.165) is 0 Å². The van der Waals surface area contributed by atoms with Gasteiger partial charge in [0.25, 0.3) is 5.69 Å². The largest absolute Gasteiger partial charge is 0.319 e. The van der Waals surface area contributed by atoms with Crippen LogP contribution in [0.1, 0.15) is 5.56 Å². The number of nitrogens with zero attached hydrogens (tertiary/aromatic N) is 1. The highest BCUT2D eigenvalue weighted by atomic mass is 35.5. The molecule has 0 saturated heterocycles. The molecule has 14 heavy (non-hydrogen) atoms. The van der Waals surface area contributed by atoms with Crippen molar-refractivity contribution in [1.82, 2.24) is 5.32 Å². The van der Waals surface area contributed by atoms with Gasteiger partial charge in [-0.3, -0.25) is 10.1 Å². The number of halogens is 1. The van der Waals surface area contributed by atoms with Gasteiger partial charge in [0.1, 0.15) is 0 Å². The summed E-state index contributed by atoms with van der Waals surface area (Å²) in [6.07, 6.45) is 0.605. The number of nitrogens with one attached hydrogen (secondary N) is 1. The van der Waals surface area contributed by atoms with Crippen molar-refractivity contribution in [2.75, 3.05) is 13.6 Å². The Hall–Kier alpha value is -1.13. The monoisotopic (exact) mass is 214 g/mol. The van der Waals surface area contributed by atoms with Gasteiger partial charge >= 0.3 is 0 Å². The summed E-state index contributed by atoms with van der Waals surface area (Å²) in [6.45, 7) is 0.696. The number of nitro groups is 1. The van der Waals surface area contributed by atoms with Crippen LogP contribution in [0.5, 0.6) is 0 Å². The Labute approximate surface area is 87.0 Å². The first-order valence-electron chi connectivity index (χ1n) is 4.22. The standard InChI is InChI=1S/C9H11ClN2O2/c1-11-5-4-7-6-8(10)2-3-9(7)12(13)14/h2-3,6,11H,4-5H2,1H3. The molecule has 0 aromatic heterocycles. The fourth-order valence-electron chi connectivity index (χ4n) is 1.19. The Bertz CT molecular complexity index is 342. The molecule has 76 valence electrons. The molecule has 0 unspecified atom stereocenters. The lowest BCUT2D eigenvalue weighted by atomic mass is 10.1. The first kappa shape index (κ1) is 10.9. The Kier molecular flexibility index (Phi) is 3.85. The van der Waals surface area contributed by atoms with E-state index in [1.54, 1.807) is 13.1 Å². The molecule has 1 N–H and O–H groups in total. The smallest absolute Gasteiger partial charge is 0.272 e. The molecule has 0 saturated carbocycles. The minimum Gasteiger partial charge on any atom is -0.319 e. The Morgan fingerprint density at radius 2 is 2.29 bits per heavy atom. The SMILES string of the molecule is CNCCc1cc(Cl)ccc1[N+](=O)[O-]. The van der Waals surface area contributed by atoms with Gasteiger partial charge in [0.2, 0.25) is 0 Å². The van der Waals surface area contributed by atoms with Crippen molar-refractivity contribution < 1.29 is 4.92 Å². The highest BCUT2D eigenvalue weighted by molar-refractivity contribution is 6.30. The Balaban J connectivity index is 2.97. The molecular formula is C9H11ClN2O2. The van der Waals surface area contributed by atoms with Gasteiger partial charge in [0.05, 0.1) is 4.92 Å². The van der Waals surface area contributed by atoms with Crippen molar-refractivity contribution in [3.8, 4) is 0 Å². The van der Waals surface area contributed by atoms with Gasteiger partial charge in [-0.15, -0.1) is 0 Å². The number of nitro benzene ring substituents is 1. The van der Waals surface area contributed by atoms with Gasteiger partial charge in [-0.2, -0.15) is 0 Å². The lowest BCUT2D eigenvalue weighted by molar-refractivity contribution is -0.385. The van der Waals surface area contributed by atoms with E-state index in [9.17, 15) is 10.1 Å². The molecule has 0 aliphatic heterocycles. The third kappa shape index (κ3) is 2.68. The van der Waals surface area contributed by atoms with E-state index in [0.29, 0.717) is 23.6 Å². The molecule has 1 aromatic rings. The van der Waals surface area contributed by atoms with Crippen molar-refractivity contribution in [3.05, 3.63) is 38.9 Å². The summed E-state index contributed by atoms with van der Waals surface area (Å²) in [5.74, 6) is 0. The maximum atomic E-state index is 10.6. The summed E-state index contributed by atoms with van der Waals surface area (Å²) in [5.41, 5.74) is 0.793. The summed E-state index contributed by atoms with van der Waals surface area (Å²) in [6, 6.07) is 4.60. The Morgan fingerprint density at radius 1 is 1.57 bits per heavy atom. The number of benzene rings is 1. The van der Waals surface area contributed by atoms with Crippen molar-refractivity contribution in [2.24, 2.45) is 0 Å². The summed E-state index contributed by atoms with van der Waals surface area (Å²) in [7, 11) is 1.80. The number of hydrogen-bond acceptors (Lipinski definition) is 3. The number of likely N-dealkylation sites (N-methyl/N-ethyl adjacent to an activating group) is 1. The summed E-state index contributed by atoms with van der Waals surface area (Å²) >= 11 is 5.76. The predicted octanol–water partition coefficient (Wildman–Crippen LogP) is 2.01. The first-order chi connectivity index (χ1) is 6.65. The van der Waals surface area contributed by atoms with Crippen LogP contribution in [0.3, 0.4) is 0 Å². The van der Waals surface area contributed by atoms with Crippen LogP contribution in [0.2, 0.25) is 5.02 Å². The second-order valence-electron chi connectivity index (χ2n) is 2.88. The Morgan fingerprint density at radius 3 is 2.86 bits per heavy atom. The first-order valence-corrected chi connectivity index (χ1v) is 4.60. The molecule has 0 aliphatic carbocycles. The second-order valence-corrected chi connectivity index (χ2v) is 3.32. The topological polar surface area (TPSA) is 55.2 Å². The normalized spacial score (nSPS) is 10.1. The zero-order valence-corrected chi connectivity index (χ0v) is 8.54. The van der Waals surface area contributed by atoms with E-state index < -0.39 is 0 Å². The van der Waals surface area contributed by atoms with Crippen LogP contribution >= 0.6 is 11.6 Å². The molecule has 0 aliphatic rings. The molecule has 0 radical (unpaired) electrons. The molecule has 4 nitrogen and oxygen atoms in total. The van der Waals surface area contributed by atoms with E-state index >= 15 is 0 Å². The number of hydrogen-bond donors (Lipinski definition) is 1. The van der Waals surface area contributed by atoms with Crippen LogP contribution < -0.4 is 5.32 Å². The lowest BCUT2D eigenvalue weighted by Crippen LogP contribution is -2.11. The molecule has 0 fully saturated rings. The molecule has 1 aromatic carbocycles. The summed E-state index contributed by atoms with van der Waals surface area (Å²) in [5, 5.41) is 14.1. The lowest BCUT2D eigenvalue weighted by Gasteiger charge is -2.02. The highest BCUT2D eigenvalue weighted by Gasteiger charge is 2.12. The van der Waals surface area contributed by atoms with Gasteiger partial charge < -0.3 is 5.32 Å². The molecular weight excluding hydrogens is 204 g/mol. The van der Waals surface area contributed by atoms with E-state index in [-0.39, 0.29) is 10.6 Å². The van der Waals surface area contributed by atoms with Crippen molar-refractivity contribution in [3.63, 3.8) is 0 Å². The molecule has 0 atom stereocenters. The van der Waals surface area contributed by atoms with Gasteiger partial charge in [0, 0.05) is 16.7 Å². The fourth-order valence-corrected chi connectivity index (χ4v) is 1.39. The summed E-state index contributed by atoms with van der Waals surface area (Å²) < 4.78 is 0. The minimum absolute atomic E-state index is 0.129. The molecule has 5 heteroatoms. The zero-order chi connectivity index (χ0) is 10.6. The van der Waals surface area contributed by atoms with Crippen molar-refractivity contribution in [1.29, 1.82) is 0 Å². The molecule has 0 bridgehead atoms. The second kappa shape index (κ2) is 4.93. The zero-order valence-electron chi connectivity index (χ0n) is 7.79. The molecule has 0 heterocycles. The third-order valence-electron chi connectivity index (χ3n) is 1.88. The third-order valence-corrected chi connectivity index (χ3v) is 2.12. The maximum absolute atomic E-state index is 10.6. The molecule has 0 amide bonds. The van der Waals surface area contributed by atoms with Crippen LogP contribution in [0.15, 0.2) is 18.2 Å². The van der Waals surface area contributed by atoms with E-state index in [1.165, 1.54) is 12.1 Å². The summed E-state index contributed by atoms with van der Waals surface area (Å²) in [4.78, 5) is 10.3. The fraction of sp³-hybridized carbons (Fsp3) is 0.333. The average Bonchev–Trinajstić information content (AvgIpc) is 2.14. The molecule has 0 spiro atoms. The van der Waals surface area contributed by atoms with E-state index in [1.807, 2.05) is 0 Å². The molecule has 1 rings (SSSR count). The van der Waals surface area contributed by atoms with Crippen LogP contribution in [0.25, 0.3) is 0 Å². The highest BCUT2D eigenvalue weighted by Crippen LogP contribution is 2.22. The van der Waals surface area contributed by atoms with Gasteiger partial charge in [-0.05, 0) is 32.1 Å². The van der Waals surface area contributed by atoms with E-state index in [2.05, 4.69) is 5.32 Å². The van der Waals surface area contributed by atoms with Gasteiger partial charge in [0.15, 0.2) is 0 Å². The van der Waals surface area contributed by atoms with Crippen LogP contribution in [-0.4, -0.2) is 18.5 Å². The van der Waals surface area contributed by atoms with Crippen LogP contribution in [0, 0.1) is 10.1 Å².